The summed E-state index contributed by atoms with van der Waals surface area (Å²) in [7, 11) is 0. The fourth-order valence-corrected chi connectivity index (χ4v) is 4.43. The van der Waals surface area contributed by atoms with Crippen LogP contribution in [-0.2, 0) is 29.0 Å². The number of aliphatic hydroxyl groups excluding tert-OH is 1. The van der Waals surface area contributed by atoms with Gasteiger partial charge in [-0.2, -0.15) is 0 Å². The Morgan fingerprint density at radius 3 is 2.18 bits per heavy atom. The number of carboxylic acids is 1. The summed E-state index contributed by atoms with van der Waals surface area (Å²) in [6.45, 7) is 4.30. The average Bonchev–Trinajstić information content (AvgIpc) is 2.88. The molecule has 1 heterocycles. The standard InChI is InChI=1S/C30H34N2O6/c1-20(2)27-24(18-22-11-7-5-8-12-22)31-30(38)32(28(27)35)17-9-4-3-6-10-21-13-15-23(16-14-21)25(33)19-26(34)29(36)37/h5,7-8,11-16,19-20,33H,3-4,6,9-10,17-18H2,1-2H3,(H,31,38)(H,36,37)/b25-19-. The van der Waals surface area contributed by atoms with Gasteiger partial charge >= 0.3 is 11.7 Å². The number of rotatable bonds is 13. The van der Waals surface area contributed by atoms with E-state index in [2.05, 4.69) is 4.98 Å². The number of aromatic nitrogens is 2. The summed E-state index contributed by atoms with van der Waals surface area (Å²) in [4.78, 5) is 50.7. The number of hydrogen-bond donors (Lipinski definition) is 3. The van der Waals surface area contributed by atoms with Gasteiger partial charge in [-0.05, 0) is 36.3 Å². The summed E-state index contributed by atoms with van der Waals surface area (Å²) < 4.78 is 1.32. The van der Waals surface area contributed by atoms with Crippen LogP contribution >= 0.6 is 0 Å². The van der Waals surface area contributed by atoms with E-state index in [1.165, 1.54) is 4.57 Å². The molecule has 3 rings (SSSR count). The minimum Gasteiger partial charge on any atom is -0.507 e. The number of aliphatic hydroxyl groups is 1. The maximum Gasteiger partial charge on any atom is 0.376 e. The van der Waals surface area contributed by atoms with Crippen LogP contribution in [0, 0.1) is 0 Å². The predicted octanol–water partition coefficient (Wildman–Crippen LogP) is 4.61. The highest BCUT2D eigenvalue weighted by molar-refractivity contribution is 6.38. The normalized spacial score (nSPS) is 11.6. The molecule has 0 bridgehead atoms. The number of nitrogens with one attached hydrogen (secondary N) is 1. The second kappa shape index (κ2) is 13.4. The first-order valence-electron chi connectivity index (χ1n) is 12.8. The van der Waals surface area contributed by atoms with E-state index in [1.54, 1.807) is 12.1 Å². The first kappa shape index (κ1) is 28.4. The zero-order valence-electron chi connectivity index (χ0n) is 21.8. The Bertz CT molecular complexity index is 1400. The monoisotopic (exact) mass is 518 g/mol. The minimum absolute atomic E-state index is 0.00855. The number of unbranched alkanes of at least 4 members (excludes halogenated alkanes) is 3. The number of carbonyl (C=O) groups is 2. The van der Waals surface area contributed by atoms with Crippen molar-refractivity contribution < 1.29 is 19.8 Å². The van der Waals surface area contributed by atoms with E-state index in [0.717, 1.165) is 36.8 Å². The van der Waals surface area contributed by atoms with E-state index in [0.29, 0.717) is 42.3 Å². The molecule has 1 aromatic heterocycles. The van der Waals surface area contributed by atoms with Gasteiger partial charge in [-0.1, -0.05) is 81.3 Å². The zero-order chi connectivity index (χ0) is 27.7. The molecule has 0 saturated carbocycles. The fraction of sp³-hybridized carbons (Fsp3) is 0.333. The number of aromatic amines is 1. The van der Waals surface area contributed by atoms with Crippen molar-refractivity contribution in [2.45, 2.75) is 64.8 Å². The maximum atomic E-state index is 13.2. The molecule has 0 amide bonds. The van der Waals surface area contributed by atoms with Gasteiger partial charge in [0.1, 0.15) is 5.76 Å². The van der Waals surface area contributed by atoms with Gasteiger partial charge in [0.25, 0.3) is 11.3 Å². The number of carbonyl (C=O) groups excluding carboxylic acids is 1. The van der Waals surface area contributed by atoms with Crippen molar-refractivity contribution in [2.75, 3.05) is 0 Å². The molecule has 0 aliphatic heterocycles. The van der Waals surface area contributed by atoms with Gasteiger partial charge in [-0.3, -0.25) is 14.2 Å². The van der Waals surface area contributed by atoms with Crippen LogP contribution in [0.25, 0.3) is 5.76 Å². The lowest BCUT2D eigenvalue weighted by Crippen LogP contribution is -2.39. The van der Waals surface area contributed by atoms with Gasteiger partial charge in [-0.15, -0.1) is 0 Å². The Balaban J connectivity index is 1.52. The van der Waals surface area contributed by atoms with Crippen molar-refractivity contribution in [3.8, 4) is 0 Å². The highest BCUT2D eigenvalue weighted by Gasteiger charge is 2.17. The molecule has 8 nitrogen and oxygen atoms in total. The van der Waals surface area contributed by atoms with E-state index >= 15 is 0 Å². The van der Waals surface area contributed by atoms with Gasteiger partial charge in [0.2, 0.25) is 0 Å². The van der Waals surface area contributed by atoms with Crippen LogP contribution in [0.5, 0.6) is 0 Å². The second-order valence-corrected chi connectivity index (χ2v) is 9.66. The molecular formula is C30H34N2O6. The van der Waals surface area contributed by atoms with Crippen LogP contribution in [0.15, 0.2) is 70.3 Å². The van der Waals surface area contributed by atoms with E-state index in [1.807, 2.05) is 56.3 Å². The maximum absolute atomic E-state index is 13.2. The molecule has 3 aromatic rings. The highest BCUT2D eigenvalue weighted by atomic mass is 16.4. The van der Waals surface area contributed by atoms with Crippen LogP contribution in [0.2, 0.25) is 0 Å². The van der Waals surface area contributed by atoms with Crippen LogP contribution in [-0.4, -0.2) is 31.5 Å². The number of H-pyrrole nitrogens is 1. The molecule has 8 heteroatoms. The summed E-state index contributed by atoms with van der Waals surface area (Å²) in [5.41, 5.74) is 3.22. The van der Waals surface area contributed by atoms with Crippen molar-refractivity contribution in [3.63, 3.8) is 0 Å². The SMILES string of the molecule is CC(C)c1c(Cc2ccccc2)[nH]c(=O)n(CCCCCCc2ccc(/C(O)=C/C(=O)C(=O)O)cc2)c1=O. The van der Waals surface area contributed by atoms with Gasteiger partial charge in [0.05, 0.1) is 0 Å². The number of benzene rings is 2. The number of aliphatic carboxylic acids is 1. The third-order valence-electron chi connectivity index (χ3n) is 6.43. The van der Waals surface area contributed by atoms with Crippen molar-refractivity contribution in [1.29, 1.82) is 0 Å². The highest BCUT2D eigenvalue weighted by Crippen LogP contribution is 2.17. The smallest absolute Gasteiger partial charge is 0.376 e. The number of ketones is 1. The van der Waals surface area contributed by atoms with Gasteiger partial charge in [0, 0.05) is 35.9 Å². The van der Waals surface area contributed by atoms with Crippen molar-refractivity contribution in [3.05, 3.63) is 109 Å². The van der Waals surface area contributed by atoms with Gasteiger partial charge in [0.15, 0.2) is 0 Å². The Morgan fingerprint density at radius 1 is 0.895 bits per heavy atom. The molecule has 0 atom stereocenters. The largest absolute Gasteiger partial charge is 0.507 e. The third-order valence-corrected chi connectivity index (χ3v) is 6.43. The summed E-state index contributed by atoms with van der Waals surface area (Å²) in [5.74, 6) is -3.20. The molecule has 0 saturated heterocycles. The minimum atomic E-state index is -1.62. The molecule has 38 heavy (non-hydrogen) atoms. The van der Waals surface area contributed by atoms with Gasteiger partial charge < -0.3 is 15.2 Å². The third kappa shape index (κ3) is 7.65. The van der Waals surface area contributed by atoms with E-state index in [-0.39, 0.29) is 22.9 Å². The number of nitrogens with zero attached hydrogens (tertiary/aromatic N) is 1. The van der Waals surface area contributed by atoms with Crippen LogP contribution in [0.1, 0.15) is 73.4 Å². The molecule has 0 radical (unpaired) electrons. The van der Waals surface area contributed by atoms with Crippen molar-refractivity contribution in [1.82, 2.24) is 9.55 Å². The molecule has 0 aliphatic rings. The summed E-state index contributed by atoms with van der Waals surface area (Å²) in [6, 6.07) is 16.7. The molecule has 200 valence electrons. The average molecular weight is 519 g/mol. The van der Waals surface area contributed by atoms with E-state index < -0.39 is 11.8 Å². The van der Waals surface area contributed by atoms with Gasteiger partial charge in [-0.25, -0.2) is 9.59 Å². The van der Waals surface area contributed by atoms with Crippen molar-refractivity contribution in [2.24, 2.45) is 0 Å². The fourth-order valence-electron chi connectivity index (χ4n) is 4.43. The number of hydrogen-bond acceptors (Lipinski definition) is 5. The first-order valence-corrected chi connectivity index (χ1v) is 12.8. The summed E-state index contributed by atoms with van der Waals surface area (Å²) >= 11 is 0. The zero-order valence-corrected chi connectivity index (χ0v) is 21.8. The van der Waals surface area contributed by atoms with E-state index in [9.17, 15) is 24.3 Å². The first-order chi connectivity index (χ1) is 18.2. The molecule has 3 N–H and O–H groups in total. The lowest BCUT2D eigenvalue weighted by Gasteiger charge is -2.15. The van der Waals surface area contributed by atoms with Crippen LogP contribution in [0.3, 0.4) is 0 Å². The van der Waals surface area contributed by atoms with Crippen LogP contribution < -0.4 is 11.2 Å². The van der Waals surface area contributed by atoms with Crippen LogP contribution in [0.4, 0.5) is 0 Å². The molecule has 0 aliphatic carbocycles. The Kier molecular flexibility index (Phi) is 9.99. The molecular weight excluding hydrogens is 484 g/mol. The Morgan fingerprint density at radius 2 is 1.55 bits per heavy atom. The molecule has 2 aromatic carbocycles. The molecule has 0 fully saturated rings. The number of aryl methyl sites for hydroxylation is 1. The quantitative estimate of drug-likeness (QED) is 0.131. The predicted molar refractivity (Wildman–Crippen MR) is 147 cm³/mol. The second-order valence-electron chi connectivity index (χ2n) is 9.66. The lowest BCUT2D eigenvalue weighted by molar-refractivity contribution is -0.146. The Labute approximate surface area is 221 Å². The summed E-state index contributed by atoms with van der Waals surface area (Å²) in [5, 5.41) is 18.5. The lowest BCUT2D eigenvalue weighted by atomic mass is 9.98. The molecule has 0 unspecified atom stereocenters. The Hall–Kier alpha value is -4.20. The van der Waals surface area contributed by atoms with Crippen molar-refractivity contribution >= 4 is 17.5 Å². The number of carboxylic acid groups (broad SMARTS) is 1. The summed E-state index contributed by atoms with van der Waals surface area (Å²) in [6.07, 6.45) is 5.44. The topological polar surface area (TPSA) is 129 Å². The van der Waals surface area contributed by atoms with E-state index in [4.69, 9.17) is 5.11 Å². The molecule has 0 spiro atoms.